The van der Waals surface area contributed by atoms with E-state index in [2.05, 4.69) is 6.92 Å². The molecule has 0 aliphatic heterocycles. The zero-order valence-electron chi connectivity index (χ0n) is 13.7. The van der Waals surface area contributed by atoms with Gasteiger partial charge in [-0.1, -0.05) is 51.2 Å². The van der Waals surface area contributed by atoms with E-state index in [-0.39, 0.29) is 24.3 Å². The highest BCUT2D eigenvalue weighted by Crippen LogP contribution is 2.18. The van der Waals surface area contributed by atoms with E-state index < -0.39 is 0 Å². The molecule has 0 fully saturated rings. The molecule has 128 valence electrons. The van der Waals surface area contributed by atoms with Gasteiger partial charge in [0.05, 0.1) is 0 Å². The predicted octanol–water partition coefficient (Wildman–Crippen LogP) is 6.12. The lowest BCUT2D eigenvalue weighted by Gasteiger charge is -2.11. The third-order valence-corrected chi connectivity index (χ3v) is 4.90. The lowest BCUT2D eigenvalue weighted by molar-refractivity contribution is 0.616. The van der Waals surface area contributed by atoms with Crippen molar-refractivity contribution in [2.75, 3.05) is 11.5 Å². The van der Waals surface area contributed by atoms with Crippen LogP contribution in [0, 0.1) is 5.82 Å². The number of thioether (sulfide) groups is 1. The first-order chi connectivity index (χ1) is 10.2. The van der Waals surface area contributed by atoms with Gasteiger partial charge in [0.15, 0.2) is 0 Å². The maximum atomic E-state index is 12.8. The second-order valence-corrected chi connectivity index (χ2v) is 6.91. The first-order valence-electron chi connectivity index (χ1n) is 8.33. The molecule has 1 nitrogen and oxygen atoms in total. The Kier molecular flexibility index (Phi) is 14.2. The van der Waals surface area contributed by atoms with Gasteiger partial charge < -0.3 is 5.73 Å². The normalized spacial score (nSPS) is 12.0. The molecule has 1 aromatic carbocycles. The van der Waals surface area contributed by atoms with Crippen molar-refractivity contribution in [3.63, 3.8) is 0 Å². The van der Waals surface area contributed by atoms with Crippen molar-refractivity contribution in [3.8, 4) is 0 Å². The summed E-state index contributed by atoms with van der Waals surface area (Å²) in [5.41, 5.74) is 7.16. The van der Waals surface area contributed by atoms with E-state index >= 15 is 0 Å². The molecule has 0 amide bonds. The number of hydrogen-bond acceptors (Lipinski definition) is 2. The zero-order chi connectivity index (χ0) is 15.3. The topological polar surface area (TPSA) is 26.0 Å². The molecule has 1 atom stereocenters. The standard InChI is InChI=1S/C18H30FNS.ClH/c1-2-3-4-5-6-7-14-21-15-8-9-18(20)16-10-12-17(19)13-11-16;/h10-13,18H,2-9,14-15,20H2,1H3;1H. The van der Waals surface area contributed by atoms with Gasteiger partial charge in [-0.15, -0.1) is 12.4 Å². The van der Waals surface area contributed by atoms with Crippen LogP contribution >= 0.6 is 24.2 Å². The maximum absolute atomic E-state index is 12.8. The van der Waals surface area contributed by atoms with Gasteiger partial charge in [-0.3, -0.25) is 0 Å². The van der Waals surface area contributed by atoms with Crippen molar-refractivity contribution in [2.45, 2.75) is 64.3 Å². The van der Waals surface area contributed by atoms with E-state index in [1.54, 1.807) is 12.1 Å². The van der Waals surface area contributed by atoms with E-state index in [9.17, 15) is 4.39 Å². The van der Waals surface area contributed by atoms with Crippen molar-refractivity contribution >= 4 is 24.2 Å². The van der Waals surface area contributed by atoms with Crippen LogP contribution in [0.3, 0.4) is 0 Å². The van der Waals surface area contributed by atoms with Crippen molar-refractivity contribution in [1.29, 1.82) is 0 Å². The van der Waals surface area contributed by atoms with Crippen LogP contribution < -0.4 is 5.73 Å². The molecule has 0 aromatic heterocycles. The molecule has 4 heteroatoms. The molecule has 1 rings (SSSR count). The molecule has 0 bridgehead atoms. The van der Waals surface area contributed by atoms with E-state index in [1.165, 1.54) is 62.2 Å². The molecule has 0 saturated heterocycles. The molecular formula is C18H31ClFNS. The van der Waals surface area contributed by atoms with Crippen molar-refractivity contribution in [1.82, 2.24) is 0 Å². The Morgan fingerprint density at radius 3 is 2.23 bits per heavy atom. The highest BCUT2D eigenvalue weighted by atomic mass is 35.5. The van der Waals surface area contributed by atoms with Crippen LogP contribution in [0.15, 0.2) is 24.3 Å². The van der Waals surface area contributed by atoms with E-state index in [0.717, 1.165) is 18.4 Å². The van der Waals surface area contributed by atoms with Crippen LogP contribution in [0.1, 0.15) is 69.9 Å². The first kappa shape index (κ1) is 21.8. The van der Waals surface area contributed by atoms with E-state index in [1.807, 2.05) is 11.8 Å². The molecule has 0 spiro atoms. The Morgan fingerprint density at radius 1 is 0.955 bits per heavy atom. The van der Waals surface area contributed by atoms with Crippen LogP contribution in [0.25, 0.3) is 0 Å². The number of hydrogen-bond donors (Lipinski definition) is 1. The fourth-order valence-electron chi connectivity index (χ4n) is 2.37. The molecule has 1 aromatic rings. The molecule has 22 heavy (non-hydrogen) atoms. The fourth-order valence-corrected chi connectivity index (χ4v) is 3.35. The third-order valence-electron chi connectivity index (χ3n) is 3.74. The smallest absolute Gasteiger partial charge is 0.123 e. The maximum Gasteiger partial charge on any atom is 0.123 e. The third kappa shape index (κ3) is 10.5. The van der Waals surface area contributed by atoms with Gasteiger partial charge in [-0.05, 0) is 48.5 Å². The largest absolute Gasteiger partial charge is 0.324 e. The number of unbranched alkanes of at least 4 members (excludes halogenated alkanes) is 5. The van der Waals surface area contributed by atoms with Crippen molar-refractivity contribution < 1.29 is 4.39 Å². The Morgan fingerprint density at radius 2 is 1.55 bits per heavy atom. The number of rotatable bonds is 12. The van der Waals surface area contributed by atoms with Crippen LogP contribution in [0.4, 0.5) is 4.39 Å². The van der Waals surface area contributed by atoms with Gasteiger partial charge in [0.1, 0.15) is 5.82 Å². The average molecular weight is 348 g/mol. The summed E-state index contributed by atoms with van der Waals surface area (Å²) >= 11 is 2.04. The van der Waals surface area contributed by atoms with Gasteiger partial charge in [-0.25, -0.2) is 4.39 Å². The molecule has 0 radical (unpaired) electrons. The SMILES string of the molecule is CCCCCCCCSCCCC(N)c1ccc(F)cc1.Cl. The van der Waals surface area contributed by atoms with Gasteiger partial charge >= 0.3 is 0 Å². The lowest BCUT2D eigenvalue weighted by Crippen LogP contribution is -2.10. The lowest BCUT2D eigenvalue weighted by atomic mass is 10.0. The van der Waals surface area contributed by atoms with E-state index in [0.29, 0.717) is 0 Å². The van der Waals surface area contributed by atoms with Crippen LogP contribution in [-0.2, 0) is 0 Å². The Hall–Kier alpha value is -0.250. The van der Waals surface area contributed by atoms with E-state index in [4.69, 9.17) is 5.73 Å². The molecule has 0 aliphatic carbocycles. The average Bonchev–Trinajstić information content (AvgIpc) is 2.49. The van der Waals surface area contributed by atoms with Gasteiger partial charge in [0.2, 0.25) is 0 Å². The zero-order valence-corrected chi connectivity index (χ0v) is 15.4. The minimum atomic E-state index is -0.194. The summed E-state index contributed by atoms with van der Waals surface area (Å²) in [6.45, 7) is 2.26. The predicted molar refractivity (Wildman–Crippen MR) is 101 cm³/mol. The Balaban J connectivity index is 0.00000441. The Labute approximate surface area is 146 Å². The van der Waals surface area contributed by atoms with Crippen molar-refractivity contribution in [3.05, 3.63) is 35.6 Å². The monoisotopic (exact) mass is 347 g/mol. The molecule has 0 aliphatic rings. The first-order valence-corrected chi connectivity index (χ1v) is 9.48. The summed E-state index contributed by atoms with van der Waals surface area (Å²) in [4.78, 5) is 0. The molecule has 0 saturated carbocycles. The second kappa shape index (κ2) is 14.3. The highest BCUT2D eigenvalue weighted by Gasteiger charge is 2.05. The van der Waals surface area contributed by atoms with Gasteiger partial charge in [0, 0.05) is 6.04 Å². The number of nitrogens with two attached hydrogens (primary N) is 1. The molecule has 1 unspecified atom stereocenters. The van der Waals surface area contributed by atoms with Crippen LogP contribution in [-0.4, -0.2) is 11.5 Å². The molecular weight excluding hydrogens is 317 g/mol. The van der Waals surface area contributed by atoms with Gasteiger partial charge in [-0.2, -0.15) is 11.8 Å². The summed E-state index contributed by atoms with van der Waals surface area (Å²) in [5.74, 6) is 2.27. The quantitative estimate of drug-likeness (QED) is 0.461. The van der Waals surface area contributed by atoms with Crippen molar-refractivity contribution in [2.24, 2.45) is 5.73 Å². The van der Waals surface area contributed by atoms with Gasteiger partial charge in [0.25, 0.3) is 0 Å². The molecule has 2 N–H and O–H groups in total. The van der Waals surface area contributed by atoms with Crippen LogP contribution in [0.2, 0.25) is 0 Å². The summed E-state index contributed by atoms with van der Waals surface area (Å²) in [7, 11) is 0. The summed E-state index contributed by atoms with van der Waals surface area (Å²) in [6, 6.07) is 6.61. The number of halogens is 2. The Bertz CT molecular complexity index is 359. The highest BCUT2D eigenvalue weighted by molar-refractivity contribution is 7.99. The van der Waals surface area contributed by atoms with Crippen LogP contribution in [0.5, 0.6) is 0 Å². The second-order valence-electron chi connectivity index (χ2n) is 5.68. The number of benzene rings is 1. The summed E-state index contributed by atoms with van der Waals surface area (Å²) in [5, 5.41) is 0. The minimum Gasteiger partial charge on any atom is -0.324 e. The summed E-state index contributed by atoms with van der Waals surface area (Å²) in [6.07, 6.45) is 10.3. The minimum absolute atomic E-state index is 0. The summed E-state index contributed by atoms with van der Waals surface area (Å²) < 4.78 is 12.8. The fraction of sp³-hybridized carbons (Fsp3) is 0.667. The molecule has 0 heterocycles.